The summed E-state index contributed by atoms with van der Waals surface area (Å²) in [6.07, 6.45) is 2.82. The molecule has 0 saturated heterocycles. The third-order valence-electron chi connectivity index (χ3n) is 3.64. The fourth-order valence-electron chi connectivity index (χ4n) is 2.48. The molecule has 0 aliphatic carbocycles. The second-order valence-corrected chi connectivity index (χ2v) is 6.30. The third-order valence-corrected chi connectivity index (χ3v) is 4.80. The van der Waals surface area contributed by atoms with Crippen LogP contribution in [0.25, 0.3) is 0 Å². The lowest BCUT2D eigenvalue weighted by molar-refractivity contribution is -0.118. The quantitative estimate of drug-likeness (QED) is 0.849. The number of aryl methyl sites for hydroxylation is 1. The summed E-state index contributed by atoms with van der Waals surface area (Å²) in [4.78, 5) is 27.2. The Hall–Kier alpha value is -2.08. The second-order valence-electron chi connectivity index (χ2n) is 5.20. The van der Waals surface area contributed by atoms with Crippen molar-refractivity contribution in [3.63, 3.8) is 0 Å². The maximum atomic E-state index is 12.7. The van der Waals surface area contributed by atoms with Crippen molar-refractivity contribution in [2.45, 2.75) is 17.7 Å². The number of carbonyl (C=O) groups is 1. The van der Waals surface area contributed by atoms with Crippen LogP contribution in [0.1, 0.15) is 12.0 Å². The van der Waals surface area contributed by atoms with E-state index >= 15 is 0 Å². The molecule has 22 heavy (non-hydrogen) atoms. The van der Waals surface area contributed by atoms with Gasteiger partial charge in [0, 0.05) is 13.6 Å². The molecule has 6 heteroatoms. The molecule has 0 atom stereocenters. The first-order chi connectivity index (χ1) is 10.7. The summed E-state index contributed by atoms with van der Waals surface area (Å²) in [6, 6.07) is 9.65. The first-order valence-corrected chi connectivity index (χ1v) is 8.19. The van der Waals surface area contributed by atoms with Crippen LogP contribution >= 0.6 is 11.8 Å². The number of amides is 1. The Morgan fingerprint density at radius 3 is 2.86 bits per heavy atom. The van der Waals surface area contributed by atoms with Crippen molar-refractivity contribution >= 4 is 23.4 Å². The Morgan fingerprint density at radius 1 is 1.32 bits per heavy atom. The molecule has 0 N–H and O–H groups in total. The van der Waals surface area contributed by atoms with Crippen molar-refractivity contribution in [1.82, 2.24) is 9.78 Å². The van der Waals surface area contributed by atoms with Crippen LogP contribution in [0.5, 0.6) is 0 Å². The van der Waals surface area contributed by atoms with Gasteiger partial charge in [0.05, 0.1) is 23.2 Å². The van der Waals surface area contributed by atoms with Crippen molar-refractivity contribution in [2.75, 3.05) is 17.2 Å². The largest absolute Gasteiger partial charge is 0.309 e. The molecule has 114 valence electrons. The molecular formula is C16H17N3O2S. The molecule has 0 radical (unpaired) electrons. The van der Waals surface area contributed by atoms with Gasteiger partial charge in [-0.25, -0.2) is 4.68 Å². The first-order valence-electron chi connectivity index (χ1n) is 7.20. The molecule has 1 aliphatic heterocycles. The average molecular weight is 315 g/mol. The van der Waals surface area contributed by atoms with Crippen molar-refractivity contribution in [3.05, 3.63) is 52.4 Å². The highest BCUT2D eigenvalue weighted by atomic mass is 32.2. The number of thioether (sulfide) groups is 1. The van der Waals surface area contributed by atoms with Gasteiger partial charge in [-0.15, -0.1) is 11.8 Å². The van der Waals surface area contributed by atoms with Gasteiger partial charge in [0.25, 0.3) is 5.56 Å². The van der Waals surface area contributed by atoms with Gasteiger partial charge >= 0.3 is 0 Å². The van der Waals surface area contributed by atoms with E-state index in [-0.39, 0.29) is 11.5 Å². The number of nitrogens with zero attached hydrogens (tertiary/aromatic N) is 3. The fourth-order valence-corrected chi connectivity index (χ4v) is 3.52. The summed E-state index contributed by atoms with van der Waals surface area (Å²) in [5.41, 5.74) is 1.48. The highest BCUT2D eigenvalue weighted by molar-refractivity contribution is 7.99. The van der Waals surface area contributed by atoms with Crippen molar-refractivity contribution < 1.29 is 4.79 Å². The normalized spacial score (nSPS) is 14.3. The van der Waals surface area contributed by atoms with Gasteiger partial charge in [-0.05, 0) is 17.7 Å². The summed E-state index contributed by atoms with van der Waals surface area (Å²) < 4.78 is 1.32. The van der Waals surface area contributed by atoms with Crippen LogP contribution in [0.2, 0.25) is 0 Å². The zero-order chi connectivity index (χ0) is 15.5. The number of aromatic nitrogens is 2. The van der Waals surface area contributed by atoms with Gasteiger partial charge in [-0.3, -0.25) is 9.59 Å². The molecule has 0 unspecified atom stereocenters. The molecule has 1 aromatic heterocycles. The van der Waals surface area contributed by atoms with Crippen LogP contribution in [0.4, 0.5) is 5.69 Å². The number of hydrogen-bond acceptors (Lipinski definition) is 4. The molecule has 0 spiro atoms. The average Bonchev–Trinajstić information content (AvgIpc) is 2.75. The SMILES string of the molecule is Cn1ncc2c(c1=O)SCCCN2C(=O)Cc1ccccc1. The minimum Gasteiger partial charge on any atom is -0.309 e. The predicted molar refractivity (Wildman–Crippen MR) is 87.3 cm³/mol. The molecule has 0 saturated carbocycles. The Balaban J connectivity index is 1.93. The zero-order valence-corrected chi connectivity index (χ0v) is 13.2. The van der Waals surface area contributed by atoms with Crippen LogP contribution in [-0.4, -0.2) is 28.0 Å². The maximum absolute atomic E-state index is 12.7. The minimum atomic E-state index is -0.137. The molecule has 3 rings (SSSR count). The Bertz CT molecular complexity index is 743. The van der Waals surface area contributed by atoms with E-state index in [9.17, 15) is 9.59 Å². The van der Waals surface area contributed by atoms with Crippen LogP contribution in [-0.2, 0) is 18.3 Å². The topological polar surface area (TPSA) is 55.2 Å². The lowest BCUT2D eigenvalue weighted by atomic mass is 10.1. The van der Waals surface area contributed by atoms with E-state index in [1.165, 1.54) is 16.4 Å². The molecular weight excluding hydrogens is 298 g/mol. The minimum absolute atomic E-state index is 0.00463. The number of rotatable bonds is 2. The number of fused-ring (bicyclic) bond motifs is 1. The summed E-state index contributed by atoms with van der Waals surface area (Å²) >= 11 is 1.51. The van der Waals surface area contributed by atoms with Crippen LogP contribution in [0.15, 0.2) is 46.2 Å². The second kappa shape index (κ2) is 6.36. The molecule has 1 aromatic carbocycles. The standard InChI is InChI=1S/C16H17N3O2S/c1-18-16(21)15-13(11-17-18)19(8-5-9-22-15)14(20)10-12-6-3-2-4-7-12/h2-4,6-7,11H,5,8-10H2,1H3. The highest BCUT2D eigenvalue weighted by Gasteiger charge is 2.24. The van der Waals surface area contributed by atoms with Gasteiger partial charge in [0.1, 0.15) is 0 Å². The summed E-state index contributed by atoms with van der Waals surface area (Å²) in [7, 11) is 1.63. The van der Waals surface area contributed by atoms with E-state index in [0.29, 0.717) is 23.5 Å². The Labute approximate surface area is 132 Å². The molecule has 0 fully saturated rings. The van der Waals surface area contributed by atoms with E-state index in [1.54, 1.807) is 18.1 Å². The number of hydrogen-bond donors (Lipinski definition) is 0. The summed E-state index contributed by atoms with van der Waals surface area (Å²) in [6.45, 7) is 0.626. The number of anilines is 1. The predicted octanol–water partition coefficient (Wildman–Crippen LogP) is 1.85. The lowest BCUT2D eigenvalue weighted by Crippen LogP contribution is -2.35. The maximum Gasteiger partial charge on any atom is 0.282 e. The van der Waals surface area contributed by atoms with E-state index in [1.807, 2.05) is 30.3 Å². The number of benzene rings is 1. The van der Waals surface area contributed by atoms with E-state index in [4.69, 9.17) is 0 Å². The van der Waals surface area contributed by atoms with Crippen LogP contribution in [0.3, 0.4) is 0 Å². The zero-order valence-electron chi connectivity index (χ0n) is 12.4. The lowest BCUT2D eigenvalue weighted by Gasteiger charge is -2.22. The molecule has 0 bridgehead atoms. The highest BCUT2D eigenvalue weighted by Crippen LogP contribution is 2.30. The van der Waals surface area contributed by atoms with Crippen molar-refractivity contribution in [3.8, 4) is 0 Å². The fraction of sp³-hybridized carbons (Fsp3) is 0.312. The van der Waals surface area contributed by atoms with Gasteiger partial charge < -0.3 is 4.90 Å². The van der Waals surface area contributed by atoms with Crippen LogP contribution in [0, 0.1) is 0 Å². The van der Waals surface area contributed by atoms with Gasteiger partial charge in [-0.1, -0.05) is 30.3 Å². The Morgan fingerprint density at radius 2 is 2.09 bits per heavy atom. The first kappa shape index (κ1) is 14.8. The molecule has 1 aliphatic rings. The monoisotopic (exact) mass is 315 g/mol. The molecule has 1 amide bonds. The van der Waals surface area contributed by atoms with E-state index in [0.717, 1.165) is 17.7 Å². The van der Waals surface area contributed by atoms with Gasteiger partial charge in [0.2, 0.25) is 5.91 Å². The summed E-state index contributed by atoms with van der Waals surface area (Å²) in [5, 5.41) is 4.07. The smallest absolute Gasteiger partial charge is 0.282 e. The van der Waals surface area contributed by atoms with Crippen molar-refractivity contribution in [2.24, 2.45) is 7.05 Å². The van der Waals surface area contributed by atoms with E-state index < -0.39 is 0 Å². The Kier molecular flexibility index (Phi) is 4.29. The van der Waals surface area contributed by atoms with Crippen LogP contribution < -0.4 is 10.5 Å². The van der Waals surface area contributed by atoms with E-state index in [2.05, 4.69) is 5.10 Å². The molecule has 5 nitrogen and oxygen atoms in total. The number of carbonyl (C=O) groups excluding carboxylic acids is 1. The van der Waals surface area contributed by atoms with Gasteiger partial charge in [0.15, 0.2) is 0 Å². The summed E-state index contributed by atoms with van der Waals surface area (Å²) in [5.74, 6) is 0.839. The van der Waals surface area contributed by atoms with Crippen molar-refractivity contribution in [1.29, 1.82) is 0 Å². The third kappa shape index (κ3) is 2.92. The molecule has 2 heterocycles. The van der Waals surface area contributed by atoms with Gasteiger partial charge in [-0.2, -0.15) is 5.10 Å². The molecule has 2 aromatic rings.